The Morgan fingerprint density at radius 2 is 2.27 bits per heavy atom. The van der Waals surface area contributed by atoms with Crippen LogP contribution in [0.4, 0.5) is 0 Å². The highest BCUT2D eigenvalue weighted by molar-refractivity contribution is 14.1. The third-order valence-corrected chi connectivity index (χ3v) is 4.92. The molecular formula is C16H18IN3O6. The summed E-state index contributed by atoms with van der Waals surface area (Å²) in [5.74, 6) is -0.489. The number of hydrogen-bond acceptors (Lipinski definition) is 7. The molecule has 1 fully saturated rings. The lowest BCUT2D eigenvalue weighted by Crippen LogP contribution is -2.33. The van der Waals surface area contributed by atoms with Gasteiger partial charge in [-0.3, -0.25) is 14.3 Å². The number of aromatic amines is 1. The predicted molar refractivity (Wildman–Crippen MR) is 99.1 cm³/mol. The number of hydrogen-bond donors (Lipinski definition) is 2. The van der Waals surface area contributed by atoms with Crippen molar-refractivity contribution >= 4 is 28.6 Å². The molecule has 0 saturated carbocycles. The van der Waals surface area contributed by atoms with Gasteiger partial charge in [0, 0.05) is 32.3 Å². The second-order valence-corrected chi connectivity index (χ2v) is 7.21. The van der Waals surface area contributed by atoms with Gasteiger partial charge in [-0.1, -0.05) is 6.08 Å². The lowest BCUT2D eigenvalue weighted by molar-refractivity contribution is -0.148. The Balaban J connectivity index is 1.75. The molecule has 0 bridgehead atoms. The van der Waals surface area contributed by atoms with Gasteiger partial charge in [-0.25, -0.2) is 9.59 Å². The highest BCUT2D eigenvalue weighted by atomic mass is 127. The summed E-state index contributed by atoms with van der Waals surface area (Å²) >= 11 is 1.81. The molecule has 3 heterocycles. The first-order valence-electron chi connectivity index (χ1n) is 7.96. The fourth-order valence-corrected chi connectivity index (χ4v) is 3.31. The quantitative estimate of drug-likeness (QED) is 0.468. The van der Waals surface area contributed by atoms with Crippen molar-refractivity contribution in [3.63, 3.8) is 0 Å². The van der Waals surface area contributed by atoms with Gasteiger partial charge in [-0.15, -0.1) is 0 Å². The molecule has 0 radical (unpaired) electrons. The second-order valence-electron chi connectivity index (χ2n) is 6.04. The number of nitrogens with zero attached hydrogens (tertiary/aromatic N) is 2. The fraction of sp³-hybridized carbons (Fsp3) is 0.438. The van der Waals surface area contributed by atoms with Crippen LogP contribution in [-0.2, 0) is 14.3 Å². The van der Waals surface area contributed by atoms with Gasteiger partial charge in [0.25, 0.3) is 5.56 Å². The van der Waals surface area contributed by atoms with Gasteiger partial charge in [0.1, 0.15) is 18.4 Å². The van der Waals surface area contributed by atoms with Crippen molar-refractivity contribution < 1.29 is 19.4 Å². The zero-order valence-corrected chi connectivity index (χ0v) is 16.1. The number of halogens is 1. The van der Waals surface area contributed by atoms with E-state index in [0.717, 1.165) is 0 Å². The van der Waals surface area contributed by atoms with Crippen LogP contribution < -0.4 is 11.2 Å². The minimum atomic E-state index is -0.752. The standard InChI is InChI=1S/C16H18IN3O6/c1-19-4-2-3-9(6-19)15(23)26-11-5-13(25-12(11)8-21)20-7-10(17)14(22)18-16(20)24/h2,4,6-7,11-13,21H,3,5,8H2,1H3,(H,18,22,24)/t11-,12+,13+/m0/s1. The van der Waals surface area contributed by atoms with E-state index < -0.39 is 35.7 Å². The van der Waals surface area contributed by atoms with E-state index in [1.165, 1.54) is 10.8 Å². The first kappa shape index (κ1) is 18.9. The molecule has 0 spiro atoms. The average Bonchev–Trinajstić information content (AvgIpc) is 3.00. The maximum Gasteiger partial charge on any atom is 0.336 e. The summed E-state index contributed by atoms with van der Waals surface area (Å²) in [5, 5.41) is 9.54. The van der Waals surface area contributed by atoms with Gasteiger partial charge < -0.3 is 19.5 Å². The number of aliphatic hydroxyl groups is 1. The summed E-state index contributed by atoms with van der Waals surface area (Å²) in [7, 11) is 1.80. The maximum atomic E-state index is 12.4. The summed E-state index contributed by atoms with van der Waals surface area (Å²) in [6, 6.07) is 0. The highest BCUT2D eigenvalue weighted by Gasteiger charge is 2.39. The van der Waals surface area contributed by atoms with E-state index in [4.69, 9.17) is 9.47 Å². The smallest absolute Gasteiger partial charge is 0.336 e. The molecule has 10 heteroatoms. The molecule has 3 atom stereocenters. The Bertz CT molecular complexity index is 873. The Morgan fingerprint density at radius 1 is 1.50 bits per heavy atom. The SMILES string of the molecule is CN1C=CCC(C(=O)O[C@H]2C[C@H](n3cc(I)c(=O)[nH]c3=O)O[C@@H]2CO)=C1. The Labute approximate surface area is 162 Å². The Hall–Kier alpha value is -1.92. The van der Waals surface area contributed by atoms with Gasteiger partial charge in [0.2, 0.25) is 0 Å². The van der Waals surface area contributed by atoms with E-state index in [-0.39, 0.29) is 13.0 Å². The zero-order chi connectivity index (χ0) is 18.8. The first-order chi connectivity index (χ1) is 12.4. The highest BCUT2D eigenvalue weighted by Crippen LogP contribution is 2.30. The van der Waals surface area contributed by atoms with Crippen LogP contribution in [0.1, 0.15) is 19.1 Å². The number of aliphatic hydroxyl groups excluding tert-OH is 1. The van der Waals surface area contributed by atoms with Gasteiger partial charge in [0.05, 0.1) is 15.8 Å². The molecule has 1 saturated heterocycles. The number of nitrogens with one attached hydrogen (secondary N) is 1. The van der Waals surface area contributed by atoms with Gasteiger partial charge in [0.15, 0.2) is 0 Å². The number of H-pyrrole nitrogens is 1. The molecule has 0 aromatic carbocycles. The summed E-state index contributed by atoms with van der Waals surface area (Å²) in [5.41, 5.74) is -0.607. The largest absolute Gasteiger partial charge is 0.456 e. The molecular weight excluding hydrogens is 457 g/mol. The molecule has 0 amide bonds. The number of carbonyl (C=O) groups excluding carboxylic acids is 1. The third-order valence-electron chi connectivity index (χ3n) is 4.15. The normalized spacial score (nSPS) is 25.3. The van der Waals surface area contributed by atoms with Gasteiger partial charge in [-0.2, -0.15) is 0 Å². The van der Waals surface area contributed by atoms with E-state index >= 15 is 0 Å². The van der Waals surface area contributed by atoms with Crippen LogP contribution in [0.15, 0.2) is 39.8 Å². The molecule has 26 heavy (non-hydrogen) atoms. The summed E-state index contributed by atoms with van der Waals surface area (Å²) in [4.78, 5) is 39.8. The van der Waals surface area contributed by atoms with Crippen molar-refractivity contribution in [3.05, 3.63) is 54.7 Å². The molecule has 3 rings (SSSR count). The number of aromatic nitrogens is 2. The number of allylic oxidation sites excluding steroid dienone is 1. The van der Waals surface area contributed by atoms with Crippen molar-refractivity contribution in [1.29, 1.82) is 0 Å². The van der Waals surface area contributed by atoms with Crippen molar-refractivity contribution in [1.82, 2.24) is 14.5 Å². The Kier molecular flexibility index (Phi) is 5.63. The molecule has 9 nitrogen and oxygen atoms in total. The van der Waals surface area contributed by atoms with Crippen LogP contribution in [0, 0.1) is 3.57 Å². The van der Waals surface area contributed by atoms with E-state index in [1.807, 2.05) is 34.9 Å². The summed E-state index contributed by atoms with van der Waals surface area (Å²) < 4.78 is 12.7. The van der Waals surface area contributed by atoms with Crippen molar-refractivity contribution in [3.8, 4) is 0 Å². The molecule has 2 aliphatic heterocycles. The maximum absolute atomic E-state index is 12.4. The lowest BCUT2D eigenvalue weighted by Gasteiger charge is -2.20. The number of rotatable bonds is 4. The van der Waals surface area contributed by atoms with Crippen molar-refractivity contribution in [2.75, 3.05) is 13.7 Å². The van der Waals surface area contributed by atoms with Gasteiger partial charge >= 0.3 is 11.7 Å². The van der Waals surface area contributed by atoms with E-state index in [0.29, 0.717) is 15.6 Å². The van der Waals surface area contributed by atoms with Crippen molar-refractivity contribution in [2.45, 2.75) is 31.3 Å². The van der Waals surface area contributed by atoms with E-state index in [1.54, 1.807) is 18.1 Å². The van der Waals surface area contributed by atoms with Crippen LogP contribution in [0.5, 0.6) is 0 Å². The first-order valence-corrected chi connectivity index (χ1v) is 9.04. The summed E-state index contributed by atoms with van der Waals surface area (Å²) in [6.45, 7) is -0.359. The Morgan fingerprint density at radius 3 is 2.96 bits per heavy atom. The molecule has 1 aromatic heterocycles. The number of carbonyl (C=O) groups is 1. The average molecular weight is 475 g/mol. The van der Waals surface area contributed by atoms with Crippen LogP contribution in [0.2, 0.25) is 0 Å². The summed E-state index contributed by atoms with van der Waals surface area (Å²) in [6.07, 6.45) is 5.20. The molecule has 2 N–H and O–H groups in total. The van der Waals surface area contributed by atoms with Crippen LogP contribution >= 0.6 is 22.6 Å². The lowest BCUT2D eigenvalue weighted by atomic mass is 10.1. The molecule has 2 aliphatic rings. The van der Waals surface area contributed by atoms with Crippen LogP contribution in [0.3, 0.4) is 0 Å². The minimum Gasteiger partial charge on any atom is -0.456 e. The van der Waals surface area contributed by atoms with Crippen LogP contribution in [0.25, 0.3) is 0 Å². The number of ether oxygens (including phenoxy) is 2. The number of esters is 1. The topological polar surface area (TPSA) is 114 Å². The molecule has 0 unspecified atom stereocenters. The second kappa shape index (κ2) is 7.76. The van der Waals surface area contributed by atoms with E-state index in [9.17, 15) is 19.5 Å². The molecule has 0 aliphatic carbocycles. The zero-order valence-electron chi connectivity index (χ0n) is 13.9. The van der Waals surface area contributed by atoms with Crippen molar-refractivity contribution in [2.24, 2.45) is 0 Å². The van der Waals surface area contributed by atoms with Gasteiger partial charge in [-0.05, 0) is 28.8 Å². The molecule has 140 valence electrons. The monoisotopic (exact) mass is 475 g/mol. The molecule has 1 aromatic rings. The van der Waals surface area contributed by atoms with E-state index in [2.05, 4.69) is 4.98 Å². The minimum absolute atomic E-state index is 0.192. The fourth-order valence-electron chi connectivity index (χ4n) is 2.87. The third kappa shape index (κ3) is 3.91. The predicted octanol–water partition coefficient (Wildman–Crippen LogP) is 0.0659. The van der Waals surface area contributed by atoms with Crippen LogP contribution in [-0.4, -0.2) is 51.4 Å².